The summed E-state index contributed by atoms with van der Waals surface area (Å²) in [5.41, 5.74) is 0. The van der Waals surface area contributed by atoms with Gasteiger partial charge in [0.1, 0.15) is 4.90 Å². The van der Waals surface area contributed by atoms with Gasteiger partial charge in [-0.05, 0) is 17.4 Å². The molecule has 0 bridgehead atoms. The molecule has 0 aliphatic carbocycles. The first-order chi connectivity index (χ1) is 8.50. The third-order valence-corrected chi connectivity index (χ3v) is 3.92. The molecule has 0 radical (unpaired) electrons. The molecule has 0 fully saturated rings. The zero-order chi connectivity index (χ0) is 13.2. The number of fused-ring (bicyclic) bond motifs is 1. The van der Waals surface area contributed by atoms with Gasteiger partial charge < -0.3 is 0 Å². The van der Waals surface area contributed by atoms with Crippen molar-refractivity contribution in [3.05, 3.63) is 42.5 Å². The predicted molar refractivity (Wildman–Crippen MR) is 71.9 cm³/mol. The average Bonchev–Trinajstić information content (AvgIpc) is 2.36. The lowest BCUT2D eigenvalue weighted by Crippen LogP contribution is -2.11. The number of hydrogen-bond donors (Lipinski definition) is 0. The minimum atomic E-state index is -3.68. The van der Waals surface area contributed by atoms with Crippen molar-refractivity contribution in [2.75, 3.05) is 6.61 Å². The summed E-state index contributed by atoms with van der Waals surface area (Å²) >= 11 is 0. The maximum Gasteiger partial charge on any atom is 0.297 e. The van der Waals surface area contributed by atoms with Crippen LogP contribution < -0.4 is 0 Å². The monoisotopic (exact) mass is 264 g/mol. The van der Waals surface area contributed by atoms with Crippen LogP contribution in [-0.4, -0.2) is 15.0 Å². The third-order valence-electron chi connectivity index (χ3n) is 2.58. The van der Waals surface area contributed by atoms with Crippen LogP contribution in [0.15, 0.2) is 47.4 Å². The Bertz CT molecular complexity index is 640. The lowest BCUT2D eigenvalue weighted by Gasteiger charge is -2.09. The van der Waals surface area contributed by atoms with Crippen molar-refractivity contribution >= 4 is 20.9 Å². The largest absolute Gasteiger partial charge is 0.297 e. The second-order valence-electron chi connectivity index (χ2n) is 4.61. The van der Waals surface area contributed by atoms with E-state index in [0.717, 1.165) is 5.39 Å². The Hall–Kier alpha value is -1.39. The van der Waals surface area contributed by atoms with Gasteiger partial charge in [0.15, 0.2) is 0 Å². The maximum atomic E-state index is 12.1. The summed E-state index contributed by atoms with van der Waals surface area (Å²) in [6.07, 6.45) is 0. The minimum absolute atomic E-state index is 0.176. The Morgan fingerprint density at radius 1 is 1.06 bits per heavy atom. The highest BCUT2D eigenvalue weighted by Crippen LogP contribution is 2.24. The SMILES string of the molecule is CC(C)COS(=O)(=O)c1cccc2ccccc12. The molecule has 0 N–H and O–H groups in total. The Labute approximate surface area is 108 Å². The highest BCUT2D eigenvalue weighted by Gasteiger charge is 2.18. The lowest BCUT2D eigenvalue weighted by atomic mass is 10.1. The fourth-order valence-corrected chi connectivity index (χ4v) is 2.98. The predicted octanol–water partition coefficient (Wildman–Crippen LogP) is 3.20. The summed E-state index contributed by atoms with van der Waals surface area (Å²) in [6.45, 7) is 4.03. The summed E-state index contributed by atoms with van der Waals surface area (Å²) in [4.78, 5) is 0.237. The first-order valence-electron chi connectivity index (χ1n) is 5.88. The summed E-state index contributed by atoms with van der Waals surface area (Å²) in [5.74, 6) is 0.176. The van der Waals surface area contributed by atoms with Crippen LogP contribution in [0.25, 0.3) is 10.8 Å². The molecule has 2 aromatic rings. The van der Waals surface area contributed by atoms with Crippen LogP contribution in [-0.2, 0) is 14.3 Å². The molecule has 0 spiro atoms. The standard InChI is InChI=1S/C14H16O3S/c1-11(2)10-17-18(15,16)14-9-5-7-12-6-3-4-8-13(12)14/h3-9,11H,10H2,1-2H3. The normalized spacial score (nSPS) is 12.2. The van der Waals surface area contributed by atoms with Gasteiger partial charge >= 0.3 is 0 Å². The van der Waals surface area contributed by atoms with Crippen LogP contribution in [0.5, 0.6) is 0 Å². The van der Waals surface area contributed by atoms with E-state index in [-0.39, 0.29) is 17.4 Å². The molecule has 2 rings (SSSR count). The molecule has 0 heterocycles. The van der Waals surface area contributed by atoms with Gasteiger partial charge in [0, 0.05) is 5.39 Å². The molecule has 0 aromatic heterocycles. The van der Waals surface area contributed by atoms with Crippen molar-refractivity contribution in [2.24, 2.45) is 5.92 Å². The second-order valence-corrected chi connectivity index (χ2v) is 6.19. The summed E-state index contributed by atoms with van der Waals surface area (Å²) in [7, 11) is -3.68. The second kappa shape index (κ2) is 5.08. The van der Waals surface area contributed by atoms with Crippen LogP contribution >= 0.6 is 0 Å². The summed E-state index contributed by atoms with van der Waals surface area (Å²) in [6, 6.07) is 12.6. The molecule has 0 amide bonds. The number of hydrogen-bond acceptors (Lipinski definition) is 3. The summed E-state index contributed by atoms with van der Waals surface area (Å²) in [5, 5.41) is 1.59. The fraction of sp³-hybridized carbons (Fsp3) is 0.286. The van der Waals surface area contributed by atoms with E-state index in [4.69, 9.17) is 4.18 Å². The minimum Gasteiger partial charge on any atom is -0.266 e. The zero-order valence-electron chi connectivity index (χ0n) is 10.5. The molecule has 0 saturated heterocycles. The first kappa shape index (κ1) is 13.1. The molecular weight excluding hydrogens is 248 g/mol. The fourth-order valence-electron chi connectivity index (χ4n) is 1.70. The molecule has 0 atom stereocenters. The molecular formula is C14H16O3S. The Morgan fingerprint density at radius 3 is 2.44 bits per heavy atom. The van der Waals surface area contributed by atoms with Gasteiger partial charge in [-0.15, -0.1) is 0 Å². The number of rotatable bonds is 4. The van der Waals surface area contributed by atoms with Crippen LogP contribution in [0.3, 0.4) is 0 Å². The third kappa shape index (κ3) is 2.71. The summed E-state index contributed by atoms with van der Waals surface area (Å²) < 4.78 is 29.3. The van der Waals surface area contributed by atoms with Crippen molar-refractivity contribution in [3.63, 3.8) is 0 Å². The molecule has 0 aliphatic rings. The van der Waals surface area contributed by atoms with Crippen molar-refractivity contribution in [3.8, 4) is 0 Å². The average molecular weight is 264 g/mol. The van der Waals surface area contributed by atoms with Crippen LogP contribution in [0, 0.1) is 5.92 Å². The highest BCUT2D eigenvalue weighted by molar-refractivity contribution is 7.87. The van der Waals surface area contributed by atoms with E-state index in [2.05, 4.69) is 0 Å². The quantitative estimate of drug-likeness (QED) is 0.796. The van der Waals surface area contributed by atoms with Gasteiger partial charge in [0.2, 0.25) is 0 Å². The topological polar surface area (TPSA) is 43.4 Å². The van der Waals surface area contributed by atoms with E-state index in [1.807, 2.05) is 38.1 Å². The lowest BCUT2D eigenvalue weighted by molar-refractivity contribution is 0.275. The van der Waals surface area contributed by atoms with Crippen molar-refractivity contribution in [2.45, 2.75) is 18.7 Å². The Balaban J connectivity index is 2.47. The van der Waals surface area contributed by atoms with E-state index in [9.17, 15) is 8.42 Å². The van der Waals surface area contributed by atoms with Crippen molar-refractivity contribution in [1.82, 2.24) is 0 Å². The molecule has 3 nitrogen and oxygen atoms in total. The van der Waals surface area contributed by atoms with E-state index in [1.165, 1.54) is 0 Å². The van der Waals surface area contributed by atoms with Crippen molar-refractivity contribution in [1.29, 1.82) is 0 Å². The molecule has 18 heavy (non-hydrogen) atoms. The van der Waals surface area contributed by atoms with Gasteiger partial charge in [0.25, 0.3) is 10.1 Å². The van der Waals surface area contributed by atoms with Gasteiger partial charge in [-0.25, -0.2) is 0 Å². The maximum absolute atomic E-state index is 12.1. The molecule has 0 saturated carbocycles. The van der Waals surface area contributed by atoms with Crippen LogP contribution in [0.2, 0.25) is 0 Å². The van der Waals surface area contributed by atoms with E-state index in [0.29, 0.717) is 5.39 Å². The van der Waals surface area contributed by atoms with Crippen molar-refractivity contribution < 1.29 is 12.6 Å². The van der Waals surface area contributed by atoms with E-state index in [1.54, 1.807) is 18.2 Å². The zero-order valence-corrected chi connectivity index (χ0v) is 11.3. The van der Waals surface area contributed by atoms with Gasteiger partial charge in [-0.2, -0.15) is 8.42 Å². The number of benzene rings is 2. The highest BCUT2D eigenvalue weighted by atomic mass is 32.2. The van der Waals surface area contributed by atoms with Crippen LogP contribution in [0.4, 0.5) is 0 Å². The smallest absolute Gasteiger partial charge is 0.266 e. The van der Waals surface area contributed by atoms with Gasteiger partial charge in [0.05, 0.1) is 6.61 Å². The van der Waals surface area contributed by atoms with Gasteiger partial charge in [-0.3, -0.25) is 4.18 Å². The molecule has 96 valence electrons. The van der Waals surface area contributed by atoms with Gasteiger partial charge in [-0.1, -0.05) is 50.2 Å². The molecule has 0 aliphatic heterocycles. The first-order valence-corrected chi connectivity index (χ1v) is 7.29. The Kier molecular flexibility index (Phi) is 3.68. The van der Waals surface area contributed by atoms with E-state index < -0.39 is 10.1 Å². The molecule has 4 heteroatoms. The van der Waals surface area contributed by atoms with Crippen LogP contribution in [0.1, 0.15) is 13.8 Å². The Morgan fingerprint density at radius 2 is 1.72 bits per heavy atom. The molecule has 2 aromatic carbocycles. The van der Waals surface area contributed by atoms with E-state index >= 15 is 0 Å². The molecule has 0 unspecified atom stereocenters.